The number of amides is 1. The Hall–Kier alpha value is -2.60. The molecular weight excluding hydrogens is 372 g/mol. The number of carbonyl (C=O) groups is 2. The molecule has 1 aliphatic heterocycles. The van der Waals surface area contributed by atoms with Crippen molar-refractivity contribution in [1.82, 2.24) is 4.90 Å². The number of hydrogen-bond acceptors (Lipinski definition) is 5. The monoisotopic (exact) mass is 396 g/mol. The number of nitrogens with zero attached hydrogens (tertiary/aromatic N) is 2. The van der Waals surface area contributed by atoms with Crippen molar-refractivity contribution in [3.05, 3.63) is 52.6 Å². The SMILES string of the molecule is CC(=O)c1ccc(-c2ccc(/C=C3/SC(=NC(C)C)N(C(C)C)C3=O)o2)cc1. The van der Waals surface area contributed by atoms with Crippen LogP contribution in [-0.4, -0.2) is 33.8 Å². The van der Waals surface area contributed by atoms with Gasteiger partial charge in [-0.25, -0.2) is 0 Å². The average Bonchev–Trinajstić information content (AvgIpc) is 3.20. The molecule has 1 aromatic heterocycles. The Labute approximate surface area is 169 Å². The van der Waals surface area contributed by atoms with E-state index in [2.05, 4.69) is 4.99 Å². The van der Waals surface area contributed by atoms with Crippen LogP contribution in [0.4, 0.5) is 0 Å². The Morgan fingerprint density at radius 2 is 1.79 bits per heavy atom. The largest absolute Gasteiger partial charge is 0.457 e. The quantitative estimate of drug-likeness (QED) is 0.512. The van der Waals surface area contributed by atoms with Crippen LogP contribution in [0.25, 0.3) is 17.4 Å². The van der Waals surface area contributed by atoms with Gasteiger partial charge in [0.05, 0.1) is 4.91 Å². The zero-order chi connectivity index (χ0) is 20.4. The molecule has 3 rings (SSSR count). The van der Waals surface area contributed by atoms with Crippen LogP contribution in [-0.2, 0) is 4.79 Å². The summed E-state index contributed by atoms with van der Waals surface area (Å²) in [5.74, 6) is 1.27. The van der Waals surface area contributed by atoms with Crippen LogP contribution < -0.4 is 0 Å². The highest BCUT2D eigenvalue weighted by Gasteiger charge is 2.35. The second-order valence-corrected chi connectivity index (χ2v) is 8.23. The molecule has 2 heterocycles. The van der Waals surface area contributed by atoms with E-state index in [4.69, 9.17) is 4.42 Å². The van der Waals surface area contributed by atoms with Crippen LogP contribution in [0.3, 0.4) is 0 Å². The molecule has 1 amide bonds. The van der Waals surface area contributed by atoms with Crippen molar-refractivity contribution in [3.8, 4) is 11.3 Å². The lowest BCUT2D eigenvalue weighted by Crippen LogP contribution is -2.35. The fraction of sp³-hybridized carbons (Fsp3) is 0.318. The Balaban J connectivity index is 1.86. The van der Waals surface area contributed by atoms with Gasteiger partial charge < -0.3 is 4.42 Å². The number of thioether (sulfide) groups is 1. The first kappa shape index (κ1) is 20.1. The minimum absolute atomic E-state index is 0.0294. The first-order valence-electron chi connectivity index (χ1n) is 9.28. The third kappa shape index (κ3) is 4.28. The molecule has 28 heavy (non-hydrogen) atoms. The van der Waals surface area contributed by atoms with Crippen molar-refractivity contribution in [2.45, 2.75) is 46.7 Å². The number of benzene rings is 1. The zero-order valence-corrected chi connectivity index (χ0v) is 17.5. The molecule has 0 aliphatic carbocycles. The normalized spacial score (nSPS) is 17.5. The molecule has 1 aromatic carbocycles. The van der Waals surface area contributed by atoms with Gasteiger partial charge in [-0.2, -0.15) is 0 Å². The maximum Gasteiger partial charge on any atom is 0.267 e. The van der Waals surface area contributed by atoms with Gasteiger partial charge in [-0.3, -0.25) is 19.5 Å². The first-order valence-corrected chi connectivity index (χ1v) is 10.1. The zero-order valence-electron chi connectivity index (χ0n) is 16.7. The van der Waals surface area contributed by atoms with Gasteiger partial charge in [0.2, 0.25) is 0 Å². The van der Waals surface area contributed by atoms with E-state index in [0.29, 0.717) is 22.0 Å². The third-order valence-corrected chi connectivity index (χ3v) is 5.20. The van der Waals surface area contributed by atoms with Crippen LogP contribution in [0.15, 0.2) is 50.7 Å². The summed E-state index contributed by atoms with van der Waals surface area (Å²) in [4.78, 5) is 31.1. The molecule has 6 heteroatoms. The van der Waals surface area contributed by atoms with E-state index in [1.54, 1.807) is 30.0 Å². The molecule has 0 bridgehead atoms. The van der Waals surface area contributed by atoms with Crippen LogP contribution in [0.1, 0.15) is 50.7 Å². The lowest BCUT2D eigenvalue weighted by Gasteiger charge is -2.20. The van der Waals surface area contributed by atoms with E-state index in [0.717, 1.165) is 10.7 Å². The van der Waals surface area contributed by atoms with Crippen LogP contribution in [0.2, 0.25) is 0 Å². The van der Waals surface area contributed by atoms with Crippen molar-refractivity contribution >= 4 is 34.7 Å². The molecule has 1 fully saturated rings. The second-order valence-electron chi connectivity index (χ2n) is 7.22. The van der Waals surface area contributed by atoms with Crippen molar-refractivity contribution in [2.75, 3.05) is 0 Å². The molecular formula is C22H24N2O3S. The Morgan fingerprint density at radius 3 is 2.36 bits per heavy atom. The molecule has 1 saturated heterocycles. The molecule has 0 unspecified atom stereocenters. The molecule has 146 valence electrons. The van der Waals surface area contributed by atoms with Crippen molar-refractivity contribution in [2.24, 2.45) is 4.99 Å². The highest BCUT2D eigenvalue weighted by Crippen LogP contribution is 2.35. The van der Waals surface area contributed by atoms with E-state index in [1.807, 2.05) is 52.0 Å². The lowest BCUT2D eigenvalue weighted by molar-refractivity contribution is -0.123. The summed E-state index contributed by atoms with van der Waals surface area (Å²) in [6, 6.07) is 11.1. The first-order chi connectivity index (χ1) is 13.3. The lowest BCUT2D eigenvalue weighted by atomic mass is 10.1. The van der Waals surface area contributed by atoms with Gasteiger partial charge in [-0.1, -0.05) is 24.3 Å². The predicted molar refractivity (Wildman–Crippen MR) is 114 cm³/mol. The molecule has 0 N–H and O–H groups in total. The third-order valence-electron chi connectivity index (χ3n) is 4.20. The number of carbonyl (C=O) groups excluding carboxylic acids is 2. The summed E-state index contributed by atoms with van der Waals surface area (Å²) in [6.45, 7) is 9.49. The number of rotatable bonds is 5. The van der Waals surface area contributed by atoms with Crippen LogP contribution >= 0.6 is 11.8 Å². The summed E-state index contributed by atoms with van der Waals surface area (Å²) in [6.07, 6.45) is 1.76. The van der Waals surface area contributed by atoms with Crippen LogP contribution in [0, 0.1) is 0 Å². The summed E-state index contributed by atoms with van der Waals surface area (Å²) < 4.78 is 5.91. The second kappa shape index (κ2) is 8.19. The van der Waals surface area contributed by atoms with Gasteiger partial charge in [0.15, 0.2) is 11.0 Å². The fourth-order valence-electron chi connectivity index (χ4n) is 2.84. The smallest absolute Gasteiger partial charge is 0.267 e. The highest BCUT2D eigenvalue weighted by molar-refractivity contribution is 8.18. The molecule has 5 nitrogen and oxygen atoms in total. The van der Waals surface area contributed by atoms with E-state index >= 15 is 0 Å². The van der Waals surface area contributed by atoms with E-state index in [9.17, 15) is 9.59 Å². The van der Waals surface area contributed by atoms with E-state index < -0.39 is 0 Å². The molecule has 0 saturated carbocycles. The predicted octanol–water partition coefficient (Wildman–Crippen LogP) is 5.24. The number of aliphatic imine (C=N–C) groups is 1. The molecule has 0 radical (unpaired) electrons. The minimum Gasteiger partial charge on any atom is -0.457 e. The Bertz CT molecular complexity index is 952. The van der Waals surface area contributed by atoms with Crippen molar-refractivity contribution in [1.29, 1.82) is 0 Å². The number of ketones is 1. The number of amidine groups is 1. The van der Waals surface area contributed by atoms with Crippen molar-refractivity contribution < 1.29 is 14.0 Å². The van der Waals surface area contributed by atoms with Gasteiger partial charge >= 0.3 is 0 Å². The number of hydrogen-bond donors (Lipinski definition) is 0. The highest BCUT2D eigenvalue weighted by atomic mass is 32.2. The van der Waals surface area contributed by atoms with Crippen molar-refractivity contribution in [3.63, 3.8) is 0 Å². The van der Waals surface area contributed by atoms with Gasteiger partial charge in [-0.05, 0) is 58.5 Å². The maximum atomic E-state index is 12.8. The molecule has 0 spiro atoms. The fourth-order valence-corrected chi connectivity index (χ4v) is 4.05. The Kier molecular flexibility index (Phi) is 5.89. The van der Waals surface area contributed by atoms with Gasteiger partial charge in [-0.15, -0.1) is 0 Å². The summed E-state index contributed by atoms with van der Waals surface area (Å²) in [7, 11) is 0. The summed E-state index contributed by atoms with van der Waals surface area (Å²) >= 11 is 1.38. The molecule has 1 aliphatic rings. The number of furan rings is 1. The maximum absolute atomic E-state index is 12.8. The van der Waals surface area contributed by atoms with Gasteiger partial charge in [0, 0.05) is 29.3 Å². The standard InChI is InChI=1S/C22H24N2O3S/c1-13(2)23-22-24(14(3)4)21(26)20(28-22)12-18-10-11-19(27-18)17-8-6-16(7-9-17)15(5)25/h6-14H,1-5H3/b20-12+,23-22?. The van der Waals surface area contributed by atoms with E-state index in [1.165, 1.54) is 11.8 Å². The van der Waals surface area contributed by atoms with Gasteiger partial charge in [0.25, 0.3) is 5.91 Å². The van der Waals surface area contributed by atoms with Crippen LogP contribution in [0.5, 0.6) is 0 Å². The topological polar surface area (TPSA) is 62.9 Å². The number of Topliss-reactive ketones (excluding diaryl/α,β-unsaturated/α-hetero) is 1. The summed E-state index contributed by atoms with van der Waals surface area (Å²) in [5.41, 5.74) is 1.54. The average molecular weight is 397 g/mol. The molecule has 2 aromatic rings. The van der Waals surface area contributed by atoms with Gasteiger partial charge in [0.1, 0.15) is 11.5 Å². The van der Waals surface area contributed by atoms with E-state index in [-0.39, 0.29) is 23.8 Å². The molecule has 0 atom stereocenters. The summed E-state index contributed by atoms with van der Waals surface area (Å²) in [5, 5.41) is 0.729. The Morgan fingerprint density at radius 1 is 1.11 bits per heavy atom. The minimum atomic E-state index is -0.0526.